The van der Waals surface area contributed by atoms with Gasteiger partial charge in [0, 0.05) is 19.3 Å². The lowest BCUT2D eigenvalue weighted by Gasteiger charge is -2.33. The van der Waals surface area contributed by atoms with E-state index in [0.29, 0.717) is 6.04 Å². The SMILES string of the molecule is Cc1ccnc2c1[nH]c(=S)n2C1CCCN(Cc2ccccc2)C1. The molecule has 2 aromatic heterocycles. The van der Waals surface area contributed by atoms with Crippen LogP contribution in [0.2, 0.25) is 0 Å². The standard InChI is InChI=1S/C19H22N4S/c1-14-9-10-20-18-17(14)21-19(24)23(18)16-8-5-11-22(13-16)12-15-6-3-2-4-7-15/h2-4,6-7,9-10,16H,5,8,11-13H2,1H3,(H,21,24). The number of rotatable bonds is 3. The first kappa shape index (κ1) is 15.5. The Morgan fingerprint density at radius 3 is 2.92 bits per heavy atom. The highest BCUT2D eigenvalue weighted by molar-refractivity contribution is 7.71. The fourth-order valence-corrected chi connectivity index (χ4v) is 4.05. The summed E-state index contributed by atoms with van der Waals surface area (Å²) in [4.78, 5) is 10.5. The van der Waals surface area contributed by atoms with E-state index in [1.54, 1.807) is 0 Å². The van der Waals surface area contributed by atoms with Gasteiger partial charge in [-0.25, -0.2) is 4.98 Å². The Kier molecular flexibility index (Phi) is 4.21. The van der Waals surface area contributed by atoms with Gasteiger partial charge < -0.3 is 4.98 Å². The highest BCUT2D eigenvalue weighted by atomic mass is 32.1. The van der Waals surface area contributed by atoms with Crippen molar-refractivity contribution in [2.75, 3.05) is 13.1 Å². The second-order valence-electron chi connectivity index (χ2n) is 6.64. The molecule has 0 saturated carbocycles. The molecule has 1 aliphatic heterocycles. The predicted molar refractivity (Wildman–Crippen MR) is 99.6 cm³/mol. The number of fused-ring (bicyclic) bond motifs is 1. The number of aromatic nitrogens is 3. The van der Waals surface area contributed by atoms with E-state index in [2.05, 4.69) is 56.7 Å². The zero-order valence-corrected chi connectivity index (χ0v) is 14.7. The molecule has 1 saturated heterocycles. The lowest BCUT2D eigenvalue weighted by atomic mass is 10.0. The maximum atomic E-state index is 5.61. The van der Waals surface area contributed by atoms with Crippen LogP contribution in [0.5, 0.6) is 0 Å². The van der Waals surface area contributed by atoms with Gasteiger partial charge in [-0.2, -0.15) is 0 Å². The van der Waals surface area contributed by atoms with Crippen molar-refractivity contribution in [2.45, 2.75) is 32.4 Å². The second-order valence-corrected chi connectivity index (χ2v) is 7.03. The van der Waals surface area contributed by atoms with Crippen molar-refractivity contribution in [1.29, 1.82) is 0 Å². The van der Waals surface area contributed by atoms with Crippen LogP contribution in [0.25, 0.3) is 11.2 Å². The van der Waals surface area contributed by atoms with Crippen LogP contribution in [0.3, 0.4) is 0 Å². The maximum absolute atomic E-state index is 5.61. The lowest BCUT2D eigenvalue weighted by Crippen LogP contribution is -2.36. The summed E-state index contributed by atoms with van der Waals surface area (Å²) in [6.07, 6.45) is 4.22. The molecule has 124 valence electrons. The smallest absolute Gasteiger partial charge is 0.179 e. The minimum atomic E-state index is 0.387. The molecule has 24 heavy (non-hydrogen) atoms. The highest BCUT2D eigenvalue weighted by Crippen LogP contribution is 2.27. The number of likely N-dealkylation sites (tertiary alicyclic amines) is 1. The monoisotopic (exact) mass is 338 g/mol. The van der Waals surface area contributed by atoms with E-state index in [1.807, 2.05) is 12.3 Å². The topological polar surface area (TPSA) is 36.9 Å². The normalized spacial score (nSPS) is 19.0. The lowest BCUT2D eigenvalue weighted by molar-refractivity contribution is 0.171. The third kappa shape index (κ3) is 2.89. The number of aromatic amines is 1. The Bertz CT molecular complexity index is 897. The molecule has 0 bridgehead atoms. The number of nitrogens with one attached hydrogen (secondary N) is 1. The van der Waals surface area contributed by atoms with Gasteiger partial charge in [0.25, 0.3) is 0 Å². The molecule has 1 aliphatic rings. The van der Waals surface area contributed by atoms with E-state index in [4.69, 9.17) is 12.2 Å². The summed E-state index contributed by atoms with van der Waals surface area (Å²) in [5.41, 5.74) is 4.63. The van der Waals surface area contributed by atoms with Gasteiger partial charge in [-0.3, -0.25) is 9.47 Å². The third-order valence-electron chi connectivity index (χ3n) is 4.91. The van der Waals surface area contributed by atoms with Crippen LogP contribution in [0, 0.1) is 11.7 Å². The second kappa shape index (κ2) is 6.49. The fourth-order valence-electron chi connectivity index (χ4n) is 3.71. The summed E-state index contributed by atoms with van der Waals surface area (Å²) in [7, 11) is 0. The number of aryl methyl sites for hydroxylation is 1. The number of pyridine rings is 1. The van der Waals surface area contributed by atoms with Crippen molar-refractivity contribution in [3.05, 3.63) is 58.5 Å². The van der Waals surface area contributed by atoms with Gasteiger partial charge in [-0.15, -0.1) is 0 Å². The van der Waals surface area contributed by atoms with E-state index in [0.717, 1.165) is 42.0 Å². The van der Waals surface area contributed by atoms with Crippen molar-refractivity contribution >= 4 is 23.4 Å². The number of nitrogens with zero attached hydrogens (tertiary/aromatic N) is 3. The average Bonchev–Trinajstić information content (AvgIpc) is 2.93. The predicted octanol–water partition coefficient (Wildman–Crippen LogP) is 4.24. The van der Waals surface area contributed by atoms with Crippen molar-refractivity contribution < 1.29 is 0 Å². The minimum absolute atomic E-state index is 0.387. The summed E-state index contributed by atoms with van der Waals surface area (Å²) >= 11 is 5.61. The average molecular weight is 338 g/mol. The van der Waals surface area contributed by atoms with Crippen molar-refractivity contribution in [2.24, 2.45) is 0 Å². The molecular formula is C19H22N4S. The molecule has 4 rings (SSSR count). The molecule has 5 heteroatoms. The first-order valence-electron chi connectivity index (χ1n) is 8.54. The fraction of sp³-hybridized carbons (Fsp3) is 0.368. The zero-order valence-electron chi connectivity index (χ0n) is 13.9. The number of piperidine rings is 1. The Morgan fingerprint density at radius 1 is 1.25 bits per heavy atom. The summed E-state index contributed by atoms with van der Waals surface area (Å²) in [5, 5.41) is 0. The van der Waals surface area contributed by atoms with Crippen molar-refractivity contribution in [1.82, 2.24) is 19.4 Å². The summed E-state index contributed by atoms with van der Waals surface area (Å²) < 4.78 is 3.02. The summed E-state index contributed by atoms with van der Waals surface area (Å²) in [5.74, 6) is 0. The van der Waals surface area contributed by atoms with Crippen LogP contribution in [0.15, 0.2) is 42.6 Å². The highest BCUT2D eigenvalue weighted by Gasteiger charge is 2.24. The maximum Gasteiger partial charge on any atom is 0.179 e. The van der Waals surface area contributed by atoms with Gasteiger partial charge in [0.2, 0.25) is 0 Å². The molecule has 3 heterocycles. The first-order chi connectivity index (χ1) is 11.7. The van der Waals surface area contributed by atoms with Crippen LogP contribution >= 0.6 is 12.2 Å². The Morgan fingerprint density at radius 2 is 2.08 bits per heavy atom. The van der Waals surface area contributed by atoms with Crippen LogP contribution < -0.4 is 0 Å². The molecule has 1 N–H and O–H groups in total. The zero-order chi connectivity index (χ0) is 16.5. The van der Waals surface area contributed by atoms with Crippen LogP contribution in [-0.2, 0) is 6.54 Å². The van der Waals surface area contributed by atoms with E-state index >= 15 is 0 Å². The van der Waals surface area contributed by atoms with E-state index in [1.165, 1.54) is 17.5 Å². The molecule has 1 unspecified atom stereocenters. The first-order valence-corrected chi connectivity index (χ1v) is 8.95. The van der Waals surface area contributed by atoms with E-state index < -0.39 is 0 Å². The van der Waals surface area contributed by atoms with Crippen molar-refractivity contribution in [3.63, 3.8) is 0 Å². The number of imidazole rings is 1. The van der Waals surface area contributed by atoms with E-state index in [-0.39, 0.29) is 0 Å². The molecule has 1 aromatic carbocycles. The van der Waals surface area contributed by atoms with Crippen LogP contribution in [0.1, 0.15) is 30.0 Å². The Labute approximate surface area is 147 Å². The van der Waals surface area contributed by atoms with Gasteiger partial charge >= 0.3 is 0 Å². The largest absolute Gasteiger partial charge is 0.329 e. The van der Waals surface area contributed by atoms with Gasteiger partial charge in [-0.1, -0.05) is 30.3 Å². The third-order valence-corrected chi connectivity index (χ3v) is 5.21. The van der Waals surface area contributed by atoms with Crippen LogP contribution in [-0.4, -0.2) is 32.5 Å². The molecule has 1 atom stereocenters. The molecule has 0 amide bonds. The van der Waals surface area contributed by atoms with Gasteiger partial charge in [0.05, 0.1) is 11.6 Å². The minimum Gasteiger partial charge on any atom is -0.329 e. The molecule has 1 fully saturated rings. The number of H-pyrrole nitrogens is 1. The van der Waals surface area contributed by atoms with Crippen molar-refractivity contribution in [3.8, 4) is 0 Å². The van der Waals surface area contributed by atoms with Crippen LogP contribution in [0.4, 0.5) is 0 Å². The van der Waals surface area contributed by atoms with Gasteiger partial charge in [-0.05, 0) is 55.7 Å². The summed E-state index contributed by atoms with van der Waals surface area (Å²) in [6.45, 7) is 5.26. The Balaban J connectivity index is 1.62. The molecular weight excluding hydrogens is 316 g/mol. The van der Waals surface area contributed by atoms with Gasteiger partial charge in [0.15, 0.2) is 10.4 Å². The number of benzene rings is 1. The molecule has 0 radical (unpaired) electrons. The number of hydrogen-bond donors (Lipinski definition) is 1. The van der Waals surface area contributed by atoms with Gasteiger partial charge in [0.1, 0.15) is 0 Å². The molecule has 4 nitrogen and oxygen atoms in total. The molecule has 3 aromatic rings. The summed E-state index contributed by atoms with van der Waals surface area (Å²) in [6, 6.07) is 13.1. The quantitative estimate of drug-likeness (QED) is 0.726. The van der Waals surface area contributed by atoms with E-state index in [9.17, 15) is 0 Å². The molecule has 0 aliphatic carbocycles. The molecule has 0 spiro atoms. The number of hydrogen-bond acceptors (Lipinski definition) is 3. The Hall–Kier alpha value is -1.98.